The maximum Gasteiger partial charge on any atom is 0.305 e. The average Bonchev–Trinajstić information content (AvgIpc) is 2.30. The van der Waals surface area contributed by atoms with Gasteiger partial charge in [-0.15, -0.1) is 0 Å². The fourth-order valence-corrected chi connectivity index (χ4v) is 1.94. The Morgan fingerprint density at radius 1 is 1.59 bits per heavy atom. The molecular formula is C11H19NO5. The molecule has 0 radical (unpaired) electrons. The van der Waals surface area contributed by atoms with Crippen molar-refractivity contribution in [1.82, 2.24) is 4.90 Å². The van der Waals surface area contributed by atoms with Crippen LogP contribution in [0.15, 0.2) is 0 Å². The van der Waals surface area contributed by atoms with E-state index in [4.69, 9.17) is 14.6 Å². The van der Waals surface area contributed by atoms with Crippen molar-refractivity contribution in [3.05, 3.63) is 0 Å². The van der Waals surface area contributed by atoms with Gasteiger partial charge in [0.2, 0.25) is 0 Å². The number of hydrogen-bond donors (Lipinski definition) is 1. The highest BCUT2D eigenvalue weighted by atomic mass is 16.5. The van der Waals surface area contributed by atoms with Crippen molar-refractivity contribution < 1.29 is 24.2 Å². The number of carbonyl (C=O) groups excluding carboxylic acids is 1. The van der Waals surface area contributed by atoms with Crippen molar-refractivity contribution >= 4 is 11.9 Å². The van der Waals surface area contributed by atoms with Gasteiger partial charge in [-0.1, -0.05) is 6.92 Å². The number of carboxylic acids is 1. The molecule has 1 heterocycles. The number of nitrogens with zero attached hydrogens (tertiary/aromatic N) is 1. The molecule has 0 saturated carbocycles. The van der Waals surface area contributed by atoms with E-state index in [1.54, 1.807) is 4.90 Å². The Kier molecular flexibility index (Phi) is 5.37. The Morgan fingerprint density at radius 3 is 2.82 bits per heavy atom. The first-order valence-electron chi connectivity index (χ1n) is 5.73. The van der Waals surface area contributed by atoms with Crippen molar-refractivity contribution in [2.75, 3.05) is 26.9 Å². The highest BCUT2D eigenvalue weighted by molar-refractivity contribution is 5.82. The molecule has 1 N–H and O–H groups in total. The molecular weight excluding hydrogens is 226 g/mol. The van der Waals surface area contributed by atoms with E-state index in [0.717, 1.165) is 0 Å². The summed E-state index contributed by atoms with van der Waals surface area (Å²) in [5.41, 5.74) is 0. The number of carbonyl (C=O) groups is 2. The van der Waals surface area contributed by atoms with Crippen molar-refractivity contribution in [3.8, 4) is 0 Å². The summed E-state index contributed by atoms with van der Waals surface area (Å²) in [7, 11) is 1.48. The third kappa shape index (κ3) is 3.67. The van der Waals surface area contributed by atoms with Crippen LogP contribution in [-0.4, -0.2) is 60.9 Å². The first kappa shape index (κ1) is 13.9. The largest absolute Gasteiger partial charge is 0.481 e. The highest BCUT2D eigenvalue weighted by Gasteiger charge is 2.32. The third-order valence-electron chi connectivity index (χ3n) is 2.85. The summed E-state index contributed by atoms with van der Waals surface area (Å²) < 4.78 is 10.3. The monoisotopic (exact) mass is 245 g/mol. The van der Waals surface area contributed by atoms with Crippen molar-refractivity contribution in [2.45, 2.75) is 31.9 Å². The molecule has 6 heteroatoms. The number of methoxy groups -OCH3 is 1. The lowest BCUT2D eigenvalue weighted by Gasteiger charge is -2.36. The van der Waals surface area contributed by atoms with E-state index in [1.807, 2.05) is 6.92 Å². The number of amides is 1. The lowest BCUT2D eigenvalue weighted by molar-refractivity contribution is -0.153. The zero-order chi connectivity index (χ0) is 12.8. The van der Waals surface area contributed by atoms with E-state index < -0.39 is 18.1 Å². The maximum absolute atomic E-state index is 12.1. The number of morpholine rings is 1. The molecule has 0 aliphatic carbocycles. The van der Waals surface area contributed by atoms with E-state index in [9.17, 15) is 9.59 Å². The zero-order valence-electron chi connectivity index (χ0n) is 10.2. The molecule has 6 nitrogen and oxygen atoms in total. The number of rotatable bonds is 5. The maximum atomic E-state index is 12.1. The number of aliphatic carboxylic acids is 1. The van der Waals surface area contributed by atoms with Crippen LogP contribution in [0.25, 0.3) is 0 Å². The third-order valence-corrected chi connectivity index (χ3v) is 2.85. The van der Waals surface area contributed by atoms with Crippen LogP contribution < -0.4 is 0 Å². The van der Waals surface area contributed by atoms with Gasteiger partial charge in [0.1, 0.15) is 6.10 Å². The van der Waals surface area contributed by atoms with Crippen LogP contribution in [-0.2, 0) is 19.1 Å². The van der Waals surface area contributed by atoms with Gasteiger partial charge in [0, 0.05) is 13.7 Å². The summed E-state index contributed by atoms with van der Waals surface area (Å²) >= 11 is 0. The Bertz CT molecular complexity index is 277. The predicted octanol–water partition coefficient (Wildman–Crippen LogP) is 0.114. The van der Waals surface area contributed by atoms with Crippen LogP contribution >= 0.6 is 0 Å². The molecule has 0 aromatic heterocycles. The first-order valence-corrected chi connectivity index (χ1v) is 5.73. The van der Waals surface area contributed by atoms with Crippen LogP contribution in [0.2, 0.25) is 0 Å². The van der Waals surface area contributed by atoms with Gasteiger partial charge in [0.05, 0.1) is 25.7 Å². The van der Waals surface area contributed by atoms with E-state index in [1.165, 1.54) is 7.11 Å². The highest BCUT2D eigenvalue weighted by Crippen LogP contribution is 2.14. The summed E-state index contributed by atoms with van der Waals surface area (Å²) in [5, 5.41) is 8.79. The fourth-order valence-electron chi connectivity index (χ4n) is 1.94. The normalized spacial score (nSPS) is 22.2. The van der Waals surface area contributed by atoms with Gasteiger partial charge < -0.3 is 19.5 Å². The lowest BCUT2D eigenvalue weighted by Crippen LogP contribution is -2.53. The smallest absolute Gasteiger partial charge is 0.305 e. The molecule has 1 amide bonds. The lowest BCUT2D eigenvalue weighted by atomic mass is 10.1. The van der Waals surface area contributed by atoms with Gasteiger partial charge in [-0.2, -0.15) is 0 Å². The van der Waals surface area contributed by atoms with Crippen LogP contribution in [0.3, 0.4) is 0 Å². The van der Waals surface area contributed by atoms with Gasteiger partial charge >= 0.3 is 5.97 Å². The van der Waals surface area contributed by atoms with E-state index >= 15 is 0 Å². The van der Waals surface area contributed by atoms with Crippen LogP contribution in [0.1, 0.15) is 19.8 Å². The van der Waals surface area contributed by atoms with E-state index in [-0.39, 0.29) is 18.9 Å². The summed E-state index contributed by atoms with van der Waals surface area (Å²) in [5.74, 6) is -1.08. The SMILES string of the molecule is CCC(OC)C(=O)N1CCOCC1CC(=O)O. The van der Waals surface area contributed by atoms with Gasteiger partial charge in [-0.3, -0.25) is 9.59 Å². The van der Waals surface area contributed by atoms with Gasteiger partial charge in [0.25, 0.3) is 5.91 Å². The Labute approximate surface area is 100 Å². The standard InChI is InChI=1S/C11H19NO5/c1-3-9(16-2)11(15)12-4-5-17-7-8(12)6-10(13)14/h8-9H,3-7H2,1-2H3,(H,13,14). The molecule has 1 rings (SSSR count). The summed E-state index contributed by atoms with van der Waals surface area (Å²) in [6.07, 6.45) is -0.0114. The quantitative estimate of drug-likeness (QED) is 0.744. The number of hydrogen-bond acceptors (Lipinski definition) is 4. The number of ether oxygens (including phenoxy) is 2. The fraction of sp³-hybridized carbons (Fsp3) is 0.818. The van der Waals surface area contributed by atoms with Crippen molar-refractivity contribution in [3.63, 3.8) is 0 Å². The van der Waals surface area contributed by atoms with Gasteiger partial charge in [-0.25, -0.2) is 0 Å². The molecule has 1 aliphatic rings. The molecule has 2 atom stereocenters. The molecule has 0 bridgehead atoms. The molecule has 0 spiro atoms. The second kappa shape index (κ2) is 6.56. The molecule has 1 aliphatic heterocycles. The molecule has 98 valence electrons. The van der Waals surface area contributed by atoms with Crippen molar-refractivity contribution in [1.29, 1.82) is 0 Å². The van der Waals surface area contributed by atoms with Gasteiger partial charge in [-0.05, 0) is 6.42 Å². The minimum absolute atomic E-state index is 0.0914. The molecule has 1 fully saturated rings. The minimum Gasteiger partial charge on any atom is -0.481 e. The summed E-state index contributed by atoms with van der Waals surface area (Å²) in [6, 6.07) is -0.391. The van der Waals surface area contributed by atoms with Crippen molar-refractivity contribution in [2.24, 2.45) is 0 Å². The second-order valence-electron chi connectivity index (χ2n) is 3.99. The molecule has 0 aromatic rings. The molecule has 17 heavy (non-hydrogen) atoms. The Balaban J connectivity index is 2.69. The molecule has 2 unspecified atom stereocenters. The summed E-state index contributed by atoms with van der Waals surface area (Å²) in [6.45, 7) is 3.01. The van der Waals surface area contributed by atoms with E-state index in [2.05, 4.69) is 0 Å². The second-order valence-corrected chi connectivity index (χ2v) is 3.99. The molecule has 1 saturated heterocycles. The molecule has 0 aromatic carbocycles. The minimum atomic E-state index is -0.927. The topological polar surface area (TPSA) is 76.1 Å². The van der Waals surface area contributed by atoms with Crippen LogP contribution in [0.4, 0.5) is 0 Å². The summed E-state index contributed by atoms with van der Waals surface area (Å²) in [4.78, 5) is 24.4. The Morgan fingerprint density at radius 2 is 2.29 bits per heavy atom. The first-order chi connectivity index (χ1) is 8.10. The van der Waals surface area contributed by atoms with Crippen LogP contribution in [0.5, 0.6) is 0 Å². The Hall–Kier alpha value is -1.14. The van der Waals surface area contributed by atoms with Crippen LogP contribution in [0, 0.1) is 0 Å². The average molecular weight is 245 g/mol. The zero-order valence-corrected chi connectivity index (χ0v) is 10.2. The van der Waals surface area contributed by atoms with Gasteiger partial charge in [0.15, 0.2) is 0 Å². The van der Waals surface area contributed by atoms with E-state index in [0.29, 0.717) is 19.6 Å². The number of carboxylic acid groups (broad SMARTS) is 1. The predicted molar refractivity (Wildman–Crippen MR) is 59.7 cm³/mol.